The number of hydrogen-bond donors (Lipinski definition) is 0. The fourth-order valence-electron chi connectivity index (χ4n) is 4.30. The molecule has 11 heteroatoms. The van der Waals surface area contributed by atoms with Gasteiger partial charge in [-0.25, -0.2) is 9.79 Å². The Morgan fingerprint density at radius 3 is 2.46 bits per heavy atom. The molecule has 39 heavy (non-hydrogen) atoms. The Morgan fingerprint density at radius 1 is 1.10 bits per heavy atom. The van der Waals surface area contributed by atoms with E-state index in [1.165, 1.54) is 23.0 Å². The van der Waals surface area contributed by atoms with E-state index in [0.717, 1.165) is 5.56 Å². The largest absolute Gasteiger partial charge is 0.493 e. The molecule has 0 bridgehead atoms. The number of allylic oxidation sites excluding steroid dienone is 1. The van der Waals surface area contributed by atoms with Crippen LogP contribution in [-0.4, -0.2) is 37.5 Å². The first-order valence-corrected chi connectivity index (χ1v) is 14.3. The lowest BCUT2D eigenvalue weighted by atomic mass is 9.95. The summed E-state index contributed by atoms with van der Waals surface area (Å²) >= 11 is 11.2. The van der Waals surface area contributed by atoms with Crippen molar-refractivity contribution in [2.75, 3.05) is 26.9 Å². The van der Waals surface area contributed by atoms with E-state index >= 15 is 0 Å². The molecule has 206 valence electrons. The molecule has 3 aromatic rings. The van der Waals surface area contributed by atoms with E-state index in [0.29, 0.717) is 60.6 Å². The van der Waals surface area contributed by atoms with Crippen molar-refractivity contribution >= 4 is 50.9 Å². The normalized spacial score (nSPS) is 15.1. The third kappa shape index (κ3) is 5.78. The monoisotopic (exact) mass is 634 g/mol. The van der Waals surface area contributed by atoms with Crippen molar-refractivity contribution in [2.45, 2.75) is 33.7 Å². The molecule has 1 aliphatic heterocycles. The topological polar surface area (TPSA) is 88.4 Å². The fourth-order valence-corrected chi connectivity index (χ4v) is 6.13. The molecule has 0 saturated heterocycles. The van der Waals surface area contributed by atoms with Crippen molar-refractivity contribution in [2.24, 2.45) is 4.99 Å². The molecule has 8 nitrogen and oxygen atoms in total. The van der Waals surface area contributed by atoms with Crippen molar-refractivity contribution in [3.8, 4) is 17.2 Å². The van der Waals surface area contributed by atoms with Crippen LogP contribution in [0.25, 0.3) is 6.08 Å². The van der Waals surface area contributed by atoms with Gasteiger partial charge >= 0.3 is 5.97 Å². The summed E-state index contributed by atoms with van der Waals surface area (Å²) in [6.07, 6.45) is 1.75. The third-order valence-corrected chi connectivity index (χ3v) is 7.91. The standard InChI is InChI=1S/C28H28BrClN2O6S/c1-6-36-20-10-9-16(11-19(20)30)12-23-26(33)32-25(17-13-21(35-5)22(37-7-2)14-18(17)29)24(27(34)38-8-3)15(4)31-28(32)39-23/h9-14,25H,6-8H2,1-5H3/b23-12+/t25-/m0/s1. The average Bonchev–Trinajstić information content (AvgIpc) is 3.19. The van der Waals surface area contributed by atoms with E-state index in [4.69, 9.17) is 30.5 Å². The maximum atomic E-state index is 13.9. The predicted octanol–water partition coefficient (Wildman–Crippen LogP) is 5.02. The van der Waals surface area contributed by atoms with E-state index < -0.39 is 12.0 Å². The van der Waals surface area contributed by atoms with Gasteiger partial charge in [-0.2, -0.15) is 0 Å². The molecule has 2 aromatic carbocycles. The molecular weight excluding hydrogens is 608 g/mol. The molecule has 1 aliphatic rings. The van der Waals surface area contributed by atoms with Crippen LogP contribution < -0.4 is 29.1 Å². The van der Waals surface area contributed by atoms with E-state index in [9.17, 15) is 9.59 Å². The van der Waals surface area contributed by atoms with Crippen LogP contribution >= 0.6 is 38.9 Å². The molecule has 4 rings (SSSR count). The van der Waals surface area contributed by atoms with Crippen LogP contribution in [0.15, 0.2) is 55.9 Å². The Hall–Kier alpha value is -3.08. The number of methoxy groups -OCH3 is 1. The first kappa shape index (κ1) is 28.9. The van der Waals surface area contributed by atoms with Gasteiger partial charge < -0.3 is 18.9 Å². The summed E-state index contributed by atoms with van der Waals surface area (Å²) in [5, 5.41) is 0.446. The number of esters is 1. The molecule has 0 radical (unpaired) electrons. The maximum absolute atomic E-state index is 13.9. The van der Waals surface area contributed by atoms with Crippen molar-refractivity contribution in [1.29, 1.82) is 0 Å². The van der Waals surface area contributed by atoms with E-state index in [1.807, 2.05) is 19.9 Å². The fraction of sp³-hybridized carbons (Fsp3) is 0.321. The Balaban J connectivity index is 1.95. The molecule has 0 spiro atoms. The van der Waals surface area contributed by atoms with Crippen molar-refractivity contribution < 1.29 is 23.7 Å². The summed E-state index contributed by atoms with van der Waals surface area (Å²) in [5.41, 5.74) is 1.80. The summed E-state index contributed by atoms with van der Waals surface area (Å²) in [6, 6.07) is 8.06. The van der Waals surface area contributed by atoms with Gasteiger partial charge in [0.2, 0.25) is 0 Å². The van der Waals surface area contributed by atoms with Crippen molar-refractivity contribution in [1.82, 2.24) is 4.57 Å². The van der Waals surface area contributed by atoms with Gasteiger partial charge in [-0.15, -0.1) is 0 Å². The minimum Gasteiger partial charge on any atom is -0.493 e. The maximum Gasteiger partial charge on any atom is 0.338 e. The highest BCUT2D eigenvalue weighted by Gasteiger charge is 2.35. The first-order valence-electron chi connectivity index (χ1n) is 12.4. The zero-order chi connectivity index (χ0) is 28.3. The zero-order valence-corrected chi connectivity index (χ0v) is 25.3. The summed E-state index contributed by atoms with van der Waals surface area (Å²) in [6.45, 7) is 8.34. The van der Waals surface area contributed by atoms with Gasteiger partial charge in [-0.1, -0.05) is 44.9 Å². The predicted molar refractivity (Wildman–Crippen MR) is 155 cm³/mol. The highest BCUT2D eigenvalue weighted by atomic mass is 79.9. The molecule has 1 aromatic heterocycles. The lowest BCUT2D eigenvalue weighted by molar-refractivity contribution is -0.139. The molecule has 0 N–H and O–H groups in total. The molecular formula is C28H28BrClN2O6S. The lowest BCUT2D eigenvalue weighted by Gasteiger charge is -2.26. The molecule has 0 unspecified atom stereocenters. The minimum absolute atomic E-state index is 0.180. The molecule has 0 fully saturated rings. The van der Waals surface area contributed by atoms with Gasteiger partial charge in [0, 0.05) is 4.47 Å². The number of benzene rings is 2. The smallest absolute Gasteiger partial charge is 0.338 e. The van der Waals surface area contributed by atoms with Gasteiger partial charge in [0.1, 0.15) is 5.75 Å². The second-order valence-electron chi connectivity index (χ2n) is 8.38. The molecule has 1 atom stereocenters. The Labute approximate surface area is 243 Å². The summed E-state index contributed by atoms with van der Waals surface area (Å²) in [4.78, 5) is 32.2. The molecule has 0 saturated carbocycles. The van der Waals surface area contributed by atoms with Crippen LogP contribution in [-0.2, 0) is 9.53 Å². The van der Waals surface area contributed by atoms with Gasteiger partial charge in [-0.3, -0.25) is 9.36 Å². The molecule has 0 aliphatic carbocycles. The van der Waals surface area contributed by atoms with Gasteiger partial charge in [0.25, 0.3) is 5.56 Å². The quantitative estimate of drug-likeness (QED) is 0.307. The number of fused-ring (bicyclic) bond motifs is 1. The summed E-state index contributed by atoms with van der Waals surface area (Å²) < 4.78 is 24.8. The number of carbonyl (C=O) groups excluding carboxylic acids is 1. The van der Waals surface area contributed by atoms with Crippen molar-refractivity contribution in [3.63, 3.8) is 0 Å². The van der Waals surface area contributed by atoms with Gasteiger partial charge in [0.05, 0.1) is 53.8 Å². The number of rotatable bonds is 9. The summed E-state index contributed by atoms with van der Waals surface area (Å²) in [7, 11) is 1.54. The Bertz CT molecular complexity index is 1630. The van der Waals surface area contributed by atoms with Crippen LogP contribution in [0.3, 0.4) is 0 Å². The summed E-state index contributed by atoms with van der Waals surface area (Å²) in [5.74, 6) is 1.03. The molecule has 2 heterocycles. The highest BCUT2D eigenvalue weighted by molar-refractivity contribution is 9.10. The number of aromatic nitrogens is 1. The third-order valence-electron chi connectivity index (χ3n) is 5.95. The zero-order valence-electron chi connectivity index (χ0n) is 22.2. The van der Waals surface area contributed by atoms with Gasteiger partial charge in [0.15, 0.2) is 16.3 Å². The Morgan fingerprint density at radius 2 is 1.82 bits per heavy atom. The molecule has 0 amide bonds. The number of ether oxygens (including phenoxy) is 4. The Kier molecular flexibility index (Phi) is 9.19. The second-order valence-corrected chi connectivity index (χ2v) is 10.7. The highest BCUT2D eigenvalue weighted by Crippen LogP contribution is 2.41. The second kappa shape index (κ2) is 12.4. The van der Waals surface area contributed by atoms with E-state index in [-0.39, 0.29) is 17.7 Å². The number of thiazole rings is 1. The minimum atomic E-state index is -0.815. The van der Waals surface area contributed by atoms with Gasteiger partial charge in [-0.05, 0) is 69.2 Å². The van der Waals surface area contributed by atoms with Crippen LogP contribution in [0.2, 0.25) is 5.02 Å². The van der Waals surface area contributed by atoms with Crippen LogP contribution in [0.1, 0.15) is 44.9 Å². The van der Waals surface area contributed by atoms with Crippen LogP contribution in [0, 0.1) is 0 Å². The SMILES string of the molecule is CCOC(=O)C1=C(C)N=c2s/c(=C/c3ccc(OCC)c(Cl)c3)c(=O)n2[C@H]1c1cc(OC)c(OCC)cc1Br. The number of hydrogen-bond acceptors (Lipinski definition) is 8. The van der Waals surface area contributed by atoms with Crippen LogP contribution in [0.5, 0.6) is 17.2 Å². The van der Waals surface area contributed by atoms with E-state index in [1.54, 1.807) is 44.2 Å². The first-order chi connectivity index (χ1) is 18.7. The lowest BCUT2D eigenvalue weighted by Crippen LogP contribution is -2.40. The number of carbonyl (C=O) groups is 1. The number of halogens is 2. The van der Waals surface area contributed by atoms with Crippen LogP contribution in [0.4, 0.5) is 0 Å². The average molecular weight is 636 g/mol. The number of nitrogens with zero attached hydrogens (tertiary/aromatic N) is 2. The van der Waals surface area contributed by atoms with E-state index in [2.05, 4.69) is 20.9 Å². The van der Waals surface area contributed by atoms with Crippen molar-refractivity contribution in [3.05, 3.63) is 81.9 Å².